The molecule has 0 saturated heterocycles. The van der Waals surface area contributed by atoms with Crippen molar-refractivity contribution < 1.29 is 18.4 Å². The lowest BCUT2D eigenvalue weighted by Crippen LogP contribution is -2.36. The van der Waals surface area contributed by atoms with E-state index in [1.807, 2.05) is 19.1 Å². The number of halogens is 2. The maximum Gasteiger partial charge on any atom is 0.244 e. The lowest BCUT2D eigenvalue weighted by molar-refractivity contribution is -0.120. The fourth-order valence-electron chi connectivity index (χ4n) is 2.02. The molecule has 0 bridgehead atoms. The van der Waals surface area contributed by atoms with Gasteiger partial charge in [-0.15, -0.1) is 0 Å². The molecule has 2 amide bonds. The van der Waals surface area contributed by atoms with E-state index in [9.17, 15) is 18.4 Å². The third-order valence-corrected chi connectivity index (χ3v) is 3.23. The quantitative estimate of drug-likeness (QED) is 0.940. The summed E-state index contributed by atoms with van der Waals surface area (Å²) in [6.07, 6.45) is 0. The fraction of sp³-hybridized carbons (Fsp3) is 0.176. The Morgan fingerprint density at radius 3 is 2.26 bits per heavy atom. The van der Waals surface area contributed by atoms with Crippen molar-refractivity contribution in [1.29, 1.82) is 0 Å². The third-order valence-electron chi connectivity index (χ3n) is 3.23. The summed E-state index contributed by atoms with van der Waals surface area (Å²) in [4.78, 5) is 24.8. The van der Waals surface area contributed by atoms with E-state index in [-0.39, 0.29) is 12.2 Å². The molecule has 0 aliphatic rings. The first-order valence-corrected chi connectivity index (χ1v) is 6.96. The van der Waals surface area contributed by atoms with Crippen molar-refractivity contribution in [2.24, 2.45) is 0 Å². The minimum Gasteiger partial charge on any atom is -0.325 e. The first-order chi connectivity index (χ1) is 10.9. The highest BCUT2D eigenvalue weighted by molar-refractivity contribution is 6.01. The van der Waals surface area contributed by atoms with Crippen LogP contribution in [0.5, 0.6) is 0 Å². The molecule has 0 aliphatic carbocycles. The molecule has 0 fully saturated rings. The summed E-state index contributed by atoms with van der Waals surface area (Å²) in [6, 6.07) is 10.2. The number of rotatable bonds is 4. The van der Waals surface area contributed by atoms with Gasteiger partial charge in [0.25, 0.3) is 0 Å². The van der Waals surface area contributed by atoms with Gasteiger partial charge < -0.3 is 10.2 Å². The minimum atomic E-state index is -1.08. The highest BCUT2D eigenvalue weighted by Crippen LogP contribution is 2.18. The van der Waals surface area contributed by atoms with Crippen molar-refractivity contribution in [3.8, 4) is 0 Å². The molecule has 0 aliphatic heterocycles. The number of carbonyl (C=O) groups excluding carboxylic acids is 2. The summed E-state index contributed by atoms with van der Waals surface area (Å²) in [5.74, 6) is -2.97. The first kappa shape index (κ1) is 16.6. The van der Waals surface area contributed by atoms with Crippen molar-refractivity contribution >= 4 is 23.2 Å². The Morgan fingerprint density at radius 1 is 1.04 bits per heavy atom. The van der Waals surface area contributed by atoms with Gasteiger partial charge in [-0.3, -0.25) is 9.59 Å². The van der Waals surface area contributed by atoms with Crippen LogP contribution in [0.15, 0.2) is 42.5 Å². The SMILES string of the molecule is CC(=O)N(CC(=O)Nc1ccc(C)cc1)c1ccc(F)c(F)c1. The van der Waals surface area contributed by atoms with E-state index in [0.29, 0.717) is 5.69 Å². The van der Waals surface area contributed by atoms with E-state index in [2.05, 4.69) is 5.32 Å². The second-order valence-electron chi connectivity index (χ2n) is 5.12. The molecule has 4 nitrogen and oxygen atoms in total. The molecule has 0 saturated carbocycles. The summed E-state index contributed by atoms with van der Waals surface area (Å²) in [5.41, 5.74) is 1.76. The second kappa shape index (κ2) is 7.00. The number of nitrogens with zero attached hydrogens (tertiary/aromatic N) is 1. The van der Waals surface area contributed by atoms with Crippen molar-refractivity contribution in [2.45, 2.75) is 13.8 Å². The molecule has 0 spiro atoms. The topological polar surface area (TPSA) is 49.4 Å². The average Bonchev–Trinajstić information content (AvgIpc) is 2.50. The molecule has 0 radical (unpaired) electrons. The van der Waals surface area contributed by atoms with Gasteiger partial charge in [0, 0.05) is 24.4 Å². The normalized spacial score (nSPS) is 10.3. The van der Waals surface area contributed by atoms with E-state index in [4.69, 9.17) is 0 Å². The van der Waals surface area contributed by atoms with Crippen LogP contribution in [-0.4, -0.2) is 18.4 Å². The van der Waals surface area contributed by atoms with Crippen LogP contribution in [0.4, 0.5) is 20.2 Å². The minimum absolute atomic E-state index is 0.121. The maximum absolute atomic E-state index is 13.3. The third kappa shape index (κ3) is 4.35. The Hall–Kier alpha value is -2.76. The standard InChI is InChI=1S/C17H16F2N2O2/c1-11-3-5-13(6-4-11)20-17(23)10-21(12(2)22)14-7-8-15(18)16(19)9-14/h3-9H,10H2,1-2H3,(H,20,23). The molecular formula is C17H16F2N2O2. The van der Waals surface area contributed by atoms with Crippen molar-refractivity contribution in [3.63, 3.8) is 0 Å². The van der Waals surface area contributed by atoms with Crippen molar-refractivity contribution in [1.82, 2.24) is 0 Å². The van der Waals surface area contributed by atoms with Gasteiger partial charge in [0.05, 0.1) is 0 Å². The number of benzene rings is 2. The Morgan fingerprint density at radius 2 is 1.70 bits per heavy atom. The van der Waals surface area contributed by atoms with Crippen LogP contribution in [0.2, 0.25) is 0 Å². The first-order valence-electron chi connectivity index (χ1n) is 6.96. The van der Waals surface area contributed by atoms with E-state index >= 15 is 0 Å². The smallest absolute Gasteiger partial charge is 0.244 e. The molecule has 0 heterocycles. The predicted octanol–water partition coefficient (Wildman–Crippen LogP) is 3.26. The lowest BCUT2D eigenvalue weighted by Gasteiger charge is -2.20. The van der Waals surface area contributed by atoms with Crippen LogP contribution < -0.4 is 10.2 Å². The Kier molecular flexibility index (Phi) is 5.05. The summed E-state index contributed by atoms with van der Waals surface area (Å²) < 4.78 is 26.3. The van der Waals surface area contributed by atoms with Crippen molar-refractivity contribution in [3.05, 3.63) is 59.7 Å². The maximum atomic E-state index is 13.3. The van der Waals surface area contributed by atoms with E-state index in [1.54, 1.807) is 12.1 Å². The Balaban J connectivity index is 2.12. The second-order valence-corrected chi connectivity index (χ2v) is 5.12. The number of anilines is 2. The molecule has 23 heavy (non-hydrogen) atoms. The zero-order valence-corrected chi connectivity index (χ0v) is 12.8. The molecular weight excluding hydrogens is 302 g/mol. The van der Waals surface area contributed by atoms with Crippen LogP contribution in [-0.2, 0) is 9.59 Å². The molecule has 2 rings (SSSR count). The molecule has 120 valence electrons. The summed E-state index contributed by atoms with van der Waals surface area (Å²) in [6.45, 7) is 2.88. The average molecular weight is 318 g/mol. The van der Waals surface area contributed by atoms with Crippen molar-refractivity contribution in [2.75, 3.05) is 16.8 Å². The largest absolute Gasteiger partial charge is 0.325 e. The van der Waals surface area contributed by atoms with Gasteiger partial charge in [-0.2, -0.15) is 0 Å². The molecule has 6 heteroatoms. The summed E-state index contributed by atoms with van der Waals surface area (Å²) >= 11 is 0. The zero-order chi connectivity index (χ0) is 17.0. The predicted molar refractivity (Wildman–Crippen MR) is 84.2 cm³/mol. The molecule has 2 aromatic rings. The van der Waals surface area contributed by atoms with Crippen LogP contribution >= 0.6 is 0 Å². The van der Waals surface area contributed by atoms with Gasteiger partial charge >= 0.3 is 0 Å². The van der Waals surface area contributed by atoms with E-state index in [0.717, 1.165) is 22.6 Å². The van der Waals surface area contributed by atoms with Gasteiger partial charge in [-0.1, -0.05) is 17.7 Å². The summed E-state index contributed by atoms with van der Waals surface area (Å²) in [5, 5.41) is 2.65. The van der Waals surface area contributed by atoms with Gasteiger partial charge in [-0.25, -0.2) is 8.78 Å². The molecule has 0 atom stereocenters. The fourth-order valence-corrected chi connectivity index (χ4v) is 2.02. The van der Waals surface area contributed by atoms with Crippen LogP contribution in [0.3, 0.4) is 0 Å². The monoisotopic (exact) mass is 318 g/mol. The number of hydrogen-bond donors (Lipinski definition) is 1. The number of nitrogens with one attached hydrogen (secondary N) is 1. The van der Waals surface area contributed by atoms with Gasteiger partial charge in [0.15, 0.2) is 11.6 Å². The number of hydrogen-bond acceptors (Lipinski definition) is 2. The van der Waals surface area contributed by atoms with E-state index < -0.39 is 23.4 Å². The van der Waals surface area contributed by atoms with Gasteiger partial charge in [0.2, 0.25) is 11.8 Å². The molecule has 1 N–H and O–H groups in total. The van der Waals surface area contributed by atoms with Gasteiger partial charge in [-0.05, 0) is 31.2 Å². The zero-order valence-electron chi connectivity index (χ0n) is 12.8. The Labute approximate surface area is 132 Å². The highest BCUT2D eigenvalue weighted by atomic mass is 19.2. The lowest BCUT2D eigenvalue weighted by atomic mass is 10.2. The summed E-state index contributed by atoms with van der Waals surface area (Å²) in [7, 11) is 0. The van der Waals surface area contributed by atoms with Gasteiger partial charge in [0.1, 0.15) is 6.54 Å². The van der Waals surface area contributed by atoms with E-state index in [1.165, 1.54) is 13.0 Å². The molecule has 2 aromatic carbocycles. The molecule has 0 unspecified atom stereocenters. The van der Waals surface area contributed by atoms with Crippen LogP contribution in [0.25, 0.3) is 0 Å². The van der Waals surface area contributed by atoms with Crippen LogP contribution in [0, 0.1) is 18.6 Å². The van der Waals surface area contributed by atoms with Crippen LogP contribution in [0.1, 0.15) is 12.5 Å². The molecule has 0 aromatic heterocycles. The number of aryl methyl sites for hydroxylation is 1. The highest BCUT2D eigenvalue weighted by Gasteiger charge is 2.17. The Bertz CT molecular complexity index is 730. The number of amides is 2. The number of carbonyl (C=O) groups is 2.